The van der Waals surface area contributed by atoms with E-state index in [1.54, 1.807) is 24.3 Å². The summed E-state index contributed by atoms with van der Waals surface area (Å²) in [5, 5.41) is 0.501. The fourth-order valence-electron chi connectivity index (χ4n) is 1.52. The molecule has 0 radical (unpaired) electrons. The zero-order valence-corrected chi connectivity index (χ0v) is 13.2. The Labute approximate surface area is 141 Å². The van der Waals surface area contributed by atoms with Gasteiger partial charge in [0, 0.05) is 5.02 Å². The van der Waals surface area contributed by atoms with Crippen molar-refractivity contribution in [2.24, 2.45) is 0 Å². The molecule has 0 saturated heterocycles. The molecule has 2 rings (SSSR count). The van der Waals surface area contributed by atoms with Crippen LogP contribution in [0.25, 0.3) is 0 Å². The lowest BCUT2D eigenvalue weighted by atomic mass is 10.2. The van der Waals surface area contributed by atoms with E-state index in [2.05, 4.69) is 0 Å². The summed E-state index contributed by atoms with van der Waals surface area (Å²) in [5.41, 5.74) is 0.304. The fraction of sp³-hybridized carbons (Fsp3) is 0.0667. The van der Waals surface area contributed by atoms with Gasteiger partial charge in [-0.05, 0) is 36.4 Å². The van der Waals surface area contributed by atoms with Gasteiger partial charge in [0.1, 0.15) is 0 Å². The smallest absolute Gasteiger partial charge is 0.344 e. The van der Waals surface area contributed by atoms with E-state index in [0.29, 0.717) is 10.6 Å². The molecule has 114 valence electrons. The number of ether oxygens (including phenoxy) is 2. The molecule has 0 unspecified atom stereocenters. The Balaban J connectivity index is 2.17. The molecule has 22 heavy (non-hydrogen) atoms. The number of alkyl halides is 2. The average Bonchev–Trinajstić information content (AvgIpc) is 2.49. The molecular weight excluding hydrogens is 351 g/mol. The number of carbonyl (C=O) groups excluding carboxylic acids is 2. The molecule has 0 spiro atoms. The molecule has 0 aliphatic heterocycles. The molecule has 0 aliphatic rings. The first-order valence-electron chi connectivity index (χ1n) is 6.04. The van der Waals surface area contributed by atoms with Crippen LogP contribution in [-0.2, 0) is 4.79 Å². The summed E-state index contributed by atoms with van der Waals surface area (Å²) in [6.45, 7) is 0. The second-order valence-electron chi connectivity index (χ2n) is 4.06. The number of benzene rings is 2. The van der Waals surface area contributed by atoms with Gasteiger partial charge in [-0.2, -0.15) is 0 Å². The van der Waals surface area contributed by atoms with Crippen LogP contribution in [-0.4, -0.2) is 16.8 Å². The number of hydrogen-bond acceptors (Lipinski definition) is 4. The van der Waals surface area contributed by atoms with Crippen LogP contribution in [0.4, 0.5) is 0 Å². The minimum Gasteiger partial charge on any atom is -0.421 e. The molecule has 7 heteroatoms. The number of esters is 2. The van der Waals surface area contributed by atoms with Crippen molar-refractivity contribution in [1.82, 2.24) is 0 Å². The van der Waals surface area contributed by atoms with Crippen LogP contribution in [0.5, 0.6) is 11.5 Å². The number of halogens is 3. The Morgan fingerprint density at radius 2 is 1.41 bits per heavy atom. The van der Waals surface area contributed by atoms with Crippen LogP contribution in [0.2, 0.25) is 5.02 Å². The predicted octanol–water partition coefficient (Wildman–Crippen LogP) is 4.27. The van der Waals surface area contributed by atoms with Crippen molar-refractivity contribution in [1.29, 1.82) is 0 Å². The number of para-hydroxylation sites is 2. The molecule has 0 bridgehead atoms. The summed E-state index contributed by atoms with van der Waals surface area (Å²) in [4.78, 5) is 22.1. The second-order valence-corrected chi connectivity index (χ2v) is 5.60. The molecule has 0 atom stereocenters. The van der Waals surface area contributed by atoms with Crippen molar-refractivity contribution in [3.63, 3.8) is 0 Å². The van der Waals surface area contributed by atoms with Crippen molar-refractivity contribution < 1.29 is 19.1 Å². The zero-order valence-electron chi connectivity index (χ0n) is 11.0. The van der Waals surface area contributed by atoms with E-state index in [9.17, 15) is 9.59 Å². The van der Waals surface area contributed by atoms with Gasteiger partial charge in [-0.3, -0.25) is 0 Å². The highest BCUT2D eigenvalue weighted by Gasteiger charge is 2.18. The first-order valence-corrected chi connectivity index (χ1v) is 7.29. The fourth-order valence-corrected chi connectivity index (χ4v) is 1.73. The maximum atomic E-state index is 12.0. The van der Waals surface area contributed by atoms with E-state index in [1.807, 2.05) is 0 Å². The van der Waals surface area contributed by atoms with Gasteiger partial charge in [-0.1, -0.05) is 46.9 Å². The van der Waals surface area contributed by atoms with E-state index in [0.717, 1.165) is 0 Å². The largest absolute Gasteiger partial charge is 0.421 e. The Morgan fingerprint density at radius 3 is 1.95 bits per heavy atom. The Morgan fingerprint density at radius 1 is 0.864 bits per heavy atom. The second kappa shape index (κ2) is 7.49. The number of carbonyl (C=O) groups is 2. The van der Waals surface area contributed by atoms with E-state index >= 15 is 0 Å². The Kier molecular flexibility index (Phi) is 5.66. The lowest BCUT2D eigenvalue weighted by molar-refractivity contribution is -0.132. The minimum atomic E-state index is -1.33. The maximum absolute atomic E-state index is 12.0. The van der Waals surface area contributed by atoms with E-state index in [1.165, 1.54) is 24.3 Å². The minimum absolute atomic E-state index is 0.0427. The normalized spacial score (nSPS) is 10.4. The van der Waals surface area contributed by atoms with Gasteiger partial charge < -0.3 is 9.47 Å². The third kappa shape index (κ3) is 4.37. The monoisotopic (exact) mass is 358 g/mol. The molecule has 0 heterocycles. The molecule has 2 aromatic rings. The molecular formula is C15H9Cl3O4. The first-order chi connectivity index (χ1) is 10.5. The third-order valence-corrected chi connectivity index (χ3v) is 3.13. The summed E-state index contributed by atoms with van der Waals surface area (Å²) < 4.78 is 10.2. The molecule has 0 N–H and O–H groups in total. The molecule has 0 fully saturated rings. The quantitative estimate of drug-likeness (QED) is 0.465. The summed E-state index contributed by atoms with van der Waals surface area (Å²) >= 11 is 16.6. The highest BCUT2D eigenvalue weighted by molar-refractivity contribution is 6.53. The van der Waals surface area contributed by atoms with E-state index in [4.69, 9.17) is 44.3 Å². The van der Waals surface area contributed by atoms with Crippen molar-refractivity contribution in [2.45, 2.75) is 4.84 Å². The predicted molar refractivity (Wildman–Crippen MR) is 84.0 cm³/mol. The lowest BCUT2D eigenvalue weighted by Crippen LogP contribution is -2.17. The molecule has 2 aromatic carbocycles. The highest BCUT2D eigenvalue weighted by atomic mass is 35.5. The number of rotatable bonds is 4. The van der Waals surface area contributed by atoms with Crippen molar-refractivity contribution >= 4 is 46.7 Å². The SMILES string of the molecule is O=C(Oc1ccccc1OC(=O)C(Cl)Cl)c1ccc(Cl)cc1. The summed E-state index contributed by atoms with van der Waals surface area (Å²) in [5.74, 6) is -1.36. The van der Waals surface area contributed by atoms with Crippen LogP contribution in [0.15, 0.2) is 48.5 Å². The molecule has 4 nitrogen and oxygen atoms in total. The zero-order chi connectivity index (χ0) is 16.1. The Bertz CT molecular complexity index is 683. The lowest BCUT2D eigenvalue weighted by Gasteiger charge is -2.10. The molecule has 0 saturated carbocycles. The first kappa shape index (κ1) is 16.6. The van der Waals surface area contributed by atoms with E-state index in [-0.39, 0.29) is 11.5 Å². The van der Waals surface area contributed by atoms with E-state index < -0.39 is 16.8 Å². The van der Waals surface area contributed by atoms with Crippen LogP contribution in [0, 0.1) is 0 Å². The molecule has 0 aliphatic carbocycles. The van der Waals surface area contributed by atoms with Gasteiger partial charge in [-0.15, -0.1) is 0 Å². The summed E-state index contributed by atoms with van der Waals surface area (Å²) in [7, 11) is 0. The highest BCUT2D eigenvalue weighted by Crippen LogP contribution is 2.28. The standard InChI is InChI=1S/C15H9Cl3O4/c16-10-7-5-9(6-8-10)14(19)21-11-3-1-2-4-12(11)22-15(20)13(17)18/h1-8,13H. The number of hydrogen-bond donors (Lipinski definition) is 0. The Hall–Kier alpha value is -1.75. The van der Waals surface area contributed by atoms with Crippen molar-refractivity contribution in [2.75, 3.05) is 0 Å². The van der Waals surface area contributed by atoms with Gasteiger partial charge in [0.2, 0.25) is 4.84 Å². The van der Waals surface area contributed by atoms with Crippen LogP contribution in [0.3, 0.4) is 0 Å². The molecule has 0 aromatic heterocycles. The van der Waals surface area contributed by atoms with Crippen LogP contribution < -0.4 is 9.47 Å². The van der Waals surface area contributed by atoms with Crippen LogP contribution in [0.1, 0.15) is 10.4 Å². The third-order valence-electron chi connectivity index (χ3n) is 2.52. The van der Waals surface area contributed by atoms with Crippen molar-refractivity contribution in [3.8, 4) is 11.5 Å². The van der Waals surface area contributed by atoms with Crippen molar-refractivity contribution in [3.05, 3.63) is 59.1 Å². The van der Waals surface area contributed by atoms with Gasteiger partial charge in [0.15, 0.2) is 11.5 Å². The topological polar surface area (TPSA) is 52.6 Å². The summed E-state index contributed by atoms with van der Waals surface area (Å²) in [6.07, 6.45) is 0. The maximum Gasteiger partial charge on any atom is 0.344 e. The van der Waals surface area contributed by atoms with Gasteiger partial charge in [-0.25, -0.2) is 9.59 Å². The van der Waals surface area contributed by atoms with Gasteiger partial charge >= 0.3 is 11.9 Å². The van der Waals surface area contributed by atoms with Gasteiger partial charge in [0.25, 0.3) is 0 Å². The molecule has 0 amide bonds. The summed E-state index contributed by atoms with van der Waals surface area (Å²) in [6, 6.07) is 12.3. The van der Waals surface area contributed by atoms with Crippen LogP contribution >= 0.6 is 34.8 Å². The van der Waals surface area contributed by atoms with Gasteiger partial charge in [0.05, 0.1) is 5.56 Å². The average molecular weight is 360 g/mol.